The van der Waals surface area contributed by atoms with E-state index in [1.165, 1.54) is 0 Å². The van der Waals surface area contributed by atoms with Crippen molar-refractivity contribution in [1.29, 1.82) is 0 Å². The maximum atomic E-state index is 11.6. The molecule has 1 rings (SSSR count). The quantitative estimate of drug-likeness (QED) is 0.732. The molecule has 0 bridgehead atoms. The number of nitrogens with two attached hydrogens (primary N) is 1. The van der Waals surface area contributed by atoms with Gasteiger partial charge >= 0.3 is 0 Å². The minimum absolute atomic E-state index is 0.0775. The lowest BCUT2D eigenvalue weighted by atomic mass is 10.0. The van der Waals surface area contributed by atoms with Crippen molar-refractivity contribution in [3.8, 4) is 12.3 Å². The van der Waals surface area contributed by atoms with Crippen LogP contribution in [0.3, 0.4) is 0 Å². The summed E-state index contributed by atoms with van der Waals surface area (Å²) in [6, 6.07) is 7.40. The lowest BCUT2D eigenvalue weighted by molar-refractivity contribution is -0.120. The Balaban J connectivity index is 2.66. The smallest absolute Gasteiger partial charge is 0.225 e. The van der Waals surface area contributed by atoms with Crippen LogP contribution in [0, 0.1) is 12.3 Å². The first-order valence-corrected chi connectivity index (χ1v) is 5.19. The fraction of sp³-hybridized carbons (Fsp3) is 0.308. The van der Waals surface area contributed by atoms with Crippen LogP contribution in [-0.2, 0) is 17.8 Å². The van der Waals surface area contributed by atoms with Gasteiger partial charge in [-0.25, -0.2) is 0 Å². The summed E-state index contributed by atoms with van der Waals surface area (Å²) >= 11 is 0. The monoisotopic (exact) mass is 216 g/mol. The number of hydrogen-bond acceptors (Lipinski definition) is 2. The lowest BCUT2D eigenvalue weighted by Gasteiger charge is -2.10. The second kappa shape index (κ2) is 5.94. The van der Waals surface area contributed by atoms with Crippen LogP contribution in [0.1, 0.15) is 18.1 Å². The lowest BCUT2D eigenvalue weighted by Crippen LogP contribution is -2.32. The highest BCUT2D eigenvalue weighted by molar-refractivity contribution is 5.79. The van der Waals surface area contributed by atoms with Crippen molar-refractivity contribution in [2.75, 3.05) is 0 Å². The molecule has 0 aliphatic carbocycles. The average Bonchev–Trinajstić information content (AvgIpc) is 2.29. The van der Waals surface area contributed by atoms with Gasteiger partial charge in [0.05, 0.1) is 12.5 Å². The number of benzene rings is 1. The molecule has 0 fully saturated rings. The fourth-order valence-electron chi connectivity index (χ4n) is 1.44. The molecular formula is C13H16N2O. The molecule has 1 atom stereocenters. The van der Waals surface area contributed by atoms with E-state index in [2.05, 4.69) is 11.2 Å². The highest BCUT2D eigenvalue weighted by Crippen LogP contribution is 2.08. The molecule has 0 saturated heterocycles. The van der Waals surface area contributed by atoms with Gasteiger partial charge in [-0.3, -0.25) is 4.79 Å². The van der Waals surface area contributed by atoms with Gasteiger partial charge in [-0.1, -0.05) is 30.2 Å². The third-order valence-corrected chi connectivity index (χ3v) is 2.32. The molecule has 0 radical (unpaired) electrons. The van der Waals surface area contributed by atoms with Crippen molar-refractivity contribution < 1.29 is 4.79 Å². The normalized spacial score (nSPS) is 11.6. The van der Waals surface area contributed by atoms with Crippen molar-refractivity contribution in [3.63, 3.8) is 0 Å². The Morgan fingerprint density at radius 2 is 2.12 bits per heavy atom. The van der Waals surface area contributed by atoms with Crippen molar-refractivity contribution >= 4 is 5.91 Å². The Morgan fingerprint density at radius 3 is 2.69 bits per heavy atom. The number of hydrogen-bond donors (Lipinski definition) is 2. The molecule has 1 aromatic rings. The summed E-state index contributed by atoms with van der Waals surface area (Å²) < 4.78 is 0. The van der Waals surface area contributed by atoms with Gasteiger partial charge in [-0.15, -0.1) is 6.42 Å². The van der Waals surface area contributed by atoms with E-state index in [0.717, 1.165) is 11.1 Å². The molecule has 0 heterocycles. The molecule has 16 heavy (non-hydrogen) atoms. The molecule has 0 aliphatic heterocycles. The molecule has 1 unspecified atom stereocenters. The zero-order valence-electron chi connectivity index (χ0n) is 9.36. The number of nitrogens with one attached hydrogen (secondary N) is 1. The zero-order valence-corrected chi connectivity index (χ0v) is 9.36. The SMILES string of the molecule is C#CC(C)NC(=O)Cc1ccccc1CN. The van der Waals surface area contributed by atoms with Crippen LogP contribution in [0.15, 0.2) is 24.3 Å². The fourth-order valence-corrected chi connectivity index (χ4v) is 1.44. The van der Waals surface area contributed by atoms with Gasteiger partial charge in [-0.2, -0.15) is 0 Å². The van der Waals surface area contributed by atoms with Crippen LogP contribution in [0.2, 0.25) is 0 Å². The Morgan fingerprint density at radius 1 is 1.50 bits per heavy atom. The van der Waals surface area contributed by atoms with E-state index in [0.29, 0.717) is 13.0 Å². The maximum absolute atomic E-state index is 11.6. The number of terminal acetylenes is 1. The molecule has 1 amide bonds. The van der Waals surface area contributed by atoms with Gasteiger partial charge in [0, 0.05) is 6.54 Å². The molecule has 0 spiro atoms. The van der Waals surface area contributed by atoms with Gasteiger partial charge in [0.1, 0.15) is 0 Å². The predicted octanol–water partition coefficient (Wildman–Crippen LogP) is 0.826. The Kier molecular flexibility index (Phi) is 4.56. The van der Waals surface area contributed by atoms with Crippen LogP contribution in [-0.4, -0.2) is 11.9 Å². The van der Waals surface area contributed by atoms with Crippen molar-refractivity contribution in [3.05, 3.63) is 35.4 Å². The molecule has 1 aromatic carbocycles. The molecule has 3 nitrogen and oxygen atoms in total. The van der Waals surface area contributed by atoms with Crippen LogP contribution < -0.4 is 11.1 Å². The van der Waals surface area contributed by atoms with E-state index in [1.54, 1.807) is 6.92 Å². The first-order chi connectivity index (χ1) is 7.67. The zero-order chi connectivity index (χ0) is 12.0. The summed E-state index contributed by atoms with van der Waals surface area (Å²) in [5.41, 5.74) is 7.53. The maximum Gasteiger partial charge on any atom is 0.225 e. The molecule has 3 N–H and O–H groups in total. The minimum atomic E-state index is -0.238. The molecule has 0 aromatic heterocycles. The third kappa shape index (κ3) is 3.41. The molecule has 0 aliphatic rings. The van der Waals surface area contributed by atoms with Gasteiger partial charge in [0.15, 0.2) is 0 Å². The van der Waals surface area contributed by atoms with Crippen LogP contribution >= 0.6 is 0 Å². The first-order valence-electron chi connectivity index (χ1n) is 5.19. The van der Waals surface area contributed by atoms with Gasteiger partial charge < -0.3 is 11.1 Å². The van der Waals surface area contributed by atoms with E-state index in [4.69, 9.17) is 12.2 Å². The number of carbonyl (C=O) groups excluding carboxylic acids is 1. The van der Waals surface area contributed by atoms with Gasteiger partial charge in [-0.05, 0) is 18.1 Å². The molecule has 0 saturated carbocycles. The van der Waals surface area contributed by atoms with Gasteiger partial charge in [0.2, 0.25) is 5.91 Å². The molecule has 3 heteroatoms. The van der Waals surface area contributed by atoms with Crippen molar-refractivity contribution in [2.24, 2.45) is 5.73 Å². The predicted molar refractivity (Wildman–Crippen MR) is 64.5 cm³/mol. The number of carbonyl (C=O) groups is 1. The third-order valence-electron chi connectivity index (χ3n) is 2.32. The summed E-state index contributed by atoms with van der Waals surface area (Å²) in [5.74, 6) is 2.38. The van der Waals surface area contributed by atoms with Crippen LogP contribution in [0.4, 0.5) is 0 Å². The summed E-state index contributed by atoms with van der Waals surface area (Å²) in [5, 5.41) is 2.71. The van der Waals surface area contributed by atoms with Crippen LogP contribution in [0.25, 0.3) is 0 Å². The summed E-state index contributed by atoms with van der Waals surface area (Å²) in [7, 11) is 0. The van der Waals surface area contributed by atoms with Crippen molar-refractivity contribution in [2.45, 2.75) is 25.9 Å². The second-order valence-electron chi connectivity index (χ2n) is 3.61. The first kappa shape index (κ1) is 12.3. The highest BCUT2D eigenvalue weighted by atomic mass is 16.1. The molecular weight excluding hydrogens is 200 g/mol. The molecule has 84 valence electrons. The van der Waals surface area contributed by atoms with E-state index in [1.807, 2.05) is 24.3 Å². The van der Waals surface area contributed by atoms with Crippen LogP contribution in [0.5, 0.6) is 0 Å². The summed E-state index contributed by atoms with van der Waals surface area (Å²) in [4.78, 5) is 11.6. The summed E-state index contributed by atoms with van der Waals surface area (Å²) in [6.07, 6.45) is 5.50. The Bertz CT molecular complexity index is 407. The standard InChI is InChI=1S/C13H16N2O/c1-3-10(2)15-13(16)8-11-6-4-5-7-12(11)9-14/h1,4-7,10H,8-9,14H2,2H3,(H,15,16). The van der Waals surface area contributed by atoms with Crippen molar-refractivity contribution in [1.82, 2.24) is 5.32 Å². The minimum Gasteiger partial charge on any atom is -0.342 e. The van der Waals surface area contributed by atoms with E-state index in [-0.39, 0.29) is 11.9 Å². The Hall–Kier alpha value is -1.79. The Labute approximate surface area is 96.0 Å². The van der Waals surface area contributed by atoms with E-state index < -0.39 is 0 Å². The topological polar surface area (TPSA) is 55.1 Å². The largest absolute Gasteiger partial charge is 0.342 e. The van der Waals surface area contributed by atoms with E-state index in [9.17, 15) is 4.79 Å². The summed E-state index contributed by atoms with van der Waals surface area (Å²) in [6.45, 7) is 2.21. The number of amides is 1. The number of rotatable bonds is 4. The second-order valence-corrected chi connectivity index (χ2v) is 3.61. The average molecular weight is 216 g/mol. The highest BCUT2D eigenvalue weighted by Gasteiger charge is 2.08. The van der Waals surface area contributed by atoms with Gasteiger partial charge in [0.25, 0.3) is 0 Å². The van der Waals surface area contributed by atoms with E-state index >= 15 is 0 Å².